The summed E-state index contributed by atoms with van der Waals surface area (Å²) in [6.45, 7) is 1.44. The zero-order valence-corrected chi connectivity index (χ0v) is 13.1. The average Bonchev–Trinajstić information content (AvgIpc) is 2.48. The van der Waals surface area contributed by atoms with Gasteiger partial charge >= 0.3 is 0 Å². The Labute approximate surface area is 133 Å². The summed E-state index contributed by atoms with van der Waals surface area (Å²) in [6.07, 6.45) is 5.22. The van der Waals surface area contributed by atoms with Crippen molar-refractivity contribution in [2.24, 2.45) is 0 Å². The van der Waals surface area contributed by atoms with Crippen LogP contribution in [-0.4, -0.2) is 11.7 Å². The first-order chi connectivity index (χ1) is 10.2. The molecule has 0 saturated heterocycles. The lowest BCUT2D eigenvalue weighted by Crippen LogP contribution is -2.14. The quantitative estimate of drug-likeness (QED) is 0.788. The molecule has 2 N–H and O–H groups in total. The normalized spacial score (nSPS) is 10.1. The van der Waals surface area contributed by atoms with Crippen molar-refractivity contribution >= 4 is 15.9 Å². The van der Waals surface area contributed by atoms with Crippen molar-refractivity contribution in [1.82, 2.24) is 5.32 Å². The molecule has 0 aromatic heterocycles. The lowest BCUT2D eigenvalue weighted by molar-refractivity contribution is 0.364. The van der Waals surface area contributed by atoms with E-state index in [1.54, 1.807) is 12.1 Å². The minimum atomic E-state index is 0.244. The molecule has 0 aliphatic rings. The van der Waals surface area contributed by atoms with Crippen LogP contribution in [0.1, 0.15) is 11.1 Å². The Kier molecular flexibility index (Phi) is 5.68. The summed E-state index contributed by atoms with van der Waals surface area (Å²) < 4.78 is 6.50. The number of hydrogen-bond donors (Lipinski definition) is 2. The van der Waals surface area contributed by atoms with Crippen LogP contribution in [0.15, 0.2) is 46.9 Å². The van der Waals surface area contributed by atoms with Crippen LogP contribution in [0, 0.1) is 12.3 Å². The first-order valence-corrected chi connectivity index (χ1v) is 7.32. The molecule has 0 radical (unpaired) electrons. The number of rotatable bonds is 6. The molecule has 0 heterocycles. The van der Waals surface area contributed by atoms with E-state index >= 15 is 0 Å². The third kappa shape index (κ3) is 4.52. The number of benzene rings is 2. The van der Waals surface area contributed by atoms with Crippen molar-refractivity contribution in [3.63, 3.8) is 0 Å². The van der Waals surface area contributed by atoms with Gasteiger partial charge in [0.25, 0.3) is 0 Å². The van der Waals surface area contributed by atoms with Crippen molar-refractivity contribution in [1.29, 1.82) is 0 Å². The van der Waals surface area contributed by atoms with Crippen LogP contribution in [0.4, 0.5) is 0 Å². The zero-order valence-electron chi connectivity index (χ0n) is 11.5. The highest BCUT2D eigenvalue weighted by molar-refractivity contribution is 9.10. The van der Waals surface area contributed by atoms with Crippen molar-refractivity contribution < 1.29 is 9.84 Å². The van der Waals surface area contributed by atoms with Crippen LogP contribution in [0.2, 0.25) is 0 Å². The van der Waals surface area contributed by atoms with Gasteiger partial charge in [0.15, 0.2) is 0 Å². The van der Waals surface area contributed by atoms with Gasteiger partial charge in [0.2, 0.25) is 0 Å². The molecule has 2 aromatic rings. The van der Waals surface area contributed by atoms with Gasteiger partial charge in [-0.05, 0) is 24.3 Å². The number of nitrogens with one attached hydrogen (secondary N) is 1. The van der Waals surface area contributed by atoms with Crippen molar-refractivity contribution in [2.45, 2.75) is 13.1 Å². The molecule has 0 fully saturated rings. The van der Waals surface area contributed by atoms with Crippen LogP contribution < -0.4 is 10.1 Å². The van der Waals surface area contributed by atoms with E-state index in [0.29, 0.717) is 18.8 Å². The highest BCUT2D eigenvalue weighted by atomic mass is 79.9. The molecule has 4 heteroatoms. The monoisotopic (exact) mass is 345 g/mol. The molecule has 108 valence electrons. The smallest absolute Gasteiger partial charge is 0.148 e. The molecule has 2 rings (SSSR count). The molecule has 0 saturated carbocycles. The van der Waals surface area contributed by atoms with Gasteiger partial charge in [-0.15, -0.1) is 6.42 Å². The van der Waals surface area contributed by atoms with Crippen LogP contribution >= 0.6 is 15.9 Å². The number of para-hydroxylation sites is 1. The lowest BCUT2D eigenvalue weighted by atomic mass is 10.1. The summed E-state index contributed by atoms with van der Waals surface area (Å²) in [6, 6.07) is 13.1. The number of halogens is 1. The van der Waals surface area contributed by atoms with Crippen LogP contribution in [0.5, 0.6) is 11.5 Å². The average molecular weight is 346 g/mol. The molecule has 3 nitrogen and oxygen atoms in total. The SMILES string of the molecule is C#CCOc1ccc(Br)cc1CNCc1ccccc1O. The second-order valence-corrected chi connectivity index (χ2v) is 5.39. The zero-order chi connectivity index (χ0) is 15.1. The molecule has 0 bridgehead atoms. The lowest BCUT2D eigenvalue weighted by Gasteiger charge is -2.12. The molecule has 0 unspecified atom stereocenters. The molecule has 0 atom stereocenters. The summed E-state index contributed by atoms with van der Waals surface area (Å²) in [5.74, 6) is 3.52. The van der Waals surface area contributed by atoms with E-state index in [9.17, 15) is 5.11 Å². The number of ether oxygens (including phenoxy) is 1. The summed E-state index contributed by atoms with van der Waals surface area (Å²) in [7, 11) is 0. The van der Waals surface area contributed by atoms with Crippen molar-refractivity contribution in [2.75, 3.05) is 6.61 Å². The summed E-state index contributed by atoms with van der Waals surface area (Å²) >= 11 is 3.45. The van der Waals surface area contributed by atoms with E-state index < -0.39 is 0 Å². The minimum Gasteiger partial charge on any atom is -0.508 e. The minimum absolute atomic E-state index is 0.244. The molecule has 0 spiro atoms. The Hall–Kier alpha value is -1.96. The summed E-state index contributed by atoms with van der Waals surface area (Å²) in [5, 5.41) is 13.0. The highest BCUT2D eigenvalue weighted by Gasteiger charge is 2.05. The number of aromatic hydroxyl groups is 1. The van der Waals surface area contributed by atoms with Gasteiger partial charge in [0.05, 0.1) is 0 Å². The van der Waals surface area contributed by atoms with E-state index in [2.05, 4.69) is 27.2 Å². The van der Waals surface area contributed by atoms with Crippen molar-refractivity contribution in [3.8, 4) is 23.8 Å². The van der Waals surface area contributed by atoms with Crippen molar-refractivity contribution in [3.05, 3.63) is 58.1 Å². The third-order valence-corrected chi connectivity index (χ3v) is 3.45. The van der Waals surface area contributed by atoms with Gasteiger partial charge < -0.3 is 15.2 Å². The standard InChI is InChI=1S/C17H16BrNO2/c1-2-9-21-17-8-7-15(18)10-14(17)12-19-11-13-5-3-4-6-16(13)20/h1,3-8,10,19-20H,9,11-12H2. The second kappa shape index (κ2) is 7.72. The molecular weight excluding hydrogens is 330 g/mol. The fraction of sp³-hybridized carbons (Fsp3) is 0.176. The maximum atomic E-state index is 9.73. The summed E-state index contributed by atoms with van der Waals surface area (Å²) in [5.41, 5.74) is 1.87. The van der Waals surface area contributed by atoms with E-state index in [-0.39, 0.29) is 6.61 Å². The molecule has 0 aliphatic carbocycles. The van der Waals surface area contributed by atoms with Gasteiger partial charge in [-0.1, -0.05) is 40.0 Å². The first-order valence-electron chi connectivity index (χ1n) is 6.53. The molecule has 0 amide bonds. The van der Waals surface area contributed by atoms with E-state index in [1.807, 2.05) is 30.3 Å². The van der Waals surface area contributed by atoms with Crippen LogP contribution in [0.25, 0.3) is 0 Å². The Morgan fingerprint density at radius 2 is 1.90 bits per heavy atom. The fourth-order valence-electron chi connectivity index (χ4n) is 1.94. The maximum Gasteiger partial charge on any atom is 0.148 e. The topological polar surface area (TPSA) is 41.5 Å². The Bertz CT molecular complexity index is 649. The van der Waals surface area contributed by atoms with Crippen LogP contribution in [-0.2, 0) is 13.1 Å². The number of hydrogen-bond acceptors (Lipinski definition) is 3. The second-order valence-electron chi connectivity index (χ2n) is 4.48. The Balaban J connectivity index is 2.01. The summed E-state index contributed by atoms with van der Waals surface area (Å²) in [4.78, 5) is 0. The van der Waals surface area contributed by atoms with Gasteiger partial charge in [0, 0.05) is 28.7 Å². The van der Waals surface area contributed by atoms with E-state index in [4.69, 9.17) is 11.2 Å². The fourth-order valence-corrected chi connectivity index (χ4v) is 2.35. The van der Waals surface area contributed by atoms with E-state index in [0.717, 1.165) is 21.3 Å². The largest absolute Gasteiger partial charge is 0.508 e. The van der Waals surface area contributed by atoms with Gasteiger partial charge in [0.1, 0.15) is 18.1 Å². The van der Waals surface area contributed by atoms with Crippen LogP contribution in [0.3, 0.4) is 0 Å². The highest BCUT2D eigenvalue weighted by Crippen LogP contribution is 2.23. The van der Waals surface area contributed by atoms with E-state index in [1.165, 1.54) is 0 Å². The first kappa shape index (κ1) is 15.4. The molecular formula is C17H16BrNO2. The predicted octanol–water partition coefficient (Wildman–Crippen LogP) is 3.46. The number of terminal acetylenes is 1. The van der Waals surface area contributed by atoms with Gasteiger partial charge in [-0.2, -0.15) is 0 Å². The third-order valence-electron chi connectivity index (χ3n) is 2.96. The molecule has 21 heavy (non-hydrogen) atoms. The maximum absolute atomic E-state index is 9.73. The Morgan fingerprint density at radius 1 is 1.14 bits per heavy atom. The predicted molar refractivity (Wildman–Crippen MR) is 87.1 cm³/mol. The van der Waals surface area contributed by atoms with Gasteiger partial charge in [-0.25, -0.2) is 0 Å². The number of phenols is 1. The number of phenolic OH excluding ortho intramolecular Hbond substituents is 1. The molecule has 2 aromatic carbocycles. The van der Waals surface area contributed by atoms with Gasteiger partial charge in [-0.3, -0.25) is 0 Å². The molecule has 0 aliphatic heterocycles. The Morgan fingerprint density at radius 3 is 2.67 bits per heavy atom.